The minimum Gasteiger partial charge on any atom is -0.395 e. The molecule has 1 N–H and O–H groups in total. The van der Waals surface area contributed by atoms with Gasteiger partial charge in [-0.3, -0.25) is 0 Å². The van der Waals surface area contributed by atoms with Gasteiger partial charge in [0.25, 0.3) is 0 Å². The molecule has 1 heterocycles. The van der Waals surface area contributed by atoms with Crippen LogP contribution in [-0.2, 0) is 5.75 Å². The van der Waals surface area contributed by atoms with Gasteiger partial charge in [0.2, 0.25) is 0 Å². The molecule has 108 valence electrons. The van der Waals surface area contributed by atoms with Gasteiger partial charge in [0.05, 0.1) is 6.61 Å². The van der Waals surface area contributed by atoms with Gasteiger partial charge in [-0.1, -0.05) is 11.8 Å². The third-order valence-corrected chi connectivity index (χ3v) is 4.51. The summed E-state index contributed by atoms with van der Waals surface area (Å²) in [7, 11) is 0. The van der Waals surface area contributed by atoms with E-state index in [0.29, 0.717) is 17.7 Å². The Hall–Kier alpha value is -1.35. The Morgan fingerprint density at radius 3 is 2.95 bits per heavy atom. The van der Waals surface area contributed by atoms with Gasteiger partial charge in [0.15, 0.2) is 0 Å². The fourth-order valence-corrected chi connectivity index (χ4v) is 3.07. The van der Waals surface area contributed by atoms with Crippen LogP contribution < -0.4 is 0 Å². The van der Waals surface area contributed by atoms with Crippen LogP contribution in [0.3, 0.4) is 0 Å². The molecule has 1 aromatic carbocycles. The smallest absolute Gasteiger partial charge is 0.124 e. The number of benzene rings is 1. The Morgan fingerprint density at radius 2 is 2.19 bits per heavy atom. The summed E-state index contributed by atoms with van der Waals surface area (Å²) in [6.45, 7) is 0.0126. The normalized spacial score (nSPS) is 10.0. The van der Waals surface area contributed by atoms with Crippen LogP contribution in [0.1, 0.15) is 17.5 Å². The minimum absolute atomic E-state index is 0.0126. The number of thioether (sulfide) groups is 1. The van der Waals surface area contributed by atoms with Crippen LogP contribution in [0, 0.1) is 17.7 Å². The van der Waals surface area contributed by atoms with E-state index in [1.54, 1.807) is 6.20 Å². The van der Waals surface area contributed by atoms with E-state index in [4.69, 9.17) is 5.11 Å². The first-order chi connectivity index (χ1) is 10.2. The van der Waals surface area contributed by atoms with Crippen molar-refractivity contribution < 1.29 is 9.50 Å². The van der Waals surface area contributed by atoms with Crippen molar-refractivity contribution in [1.29, 1.82) is 0 Å². The molecule has 2 aromatic rings. The minimum atomic E-state index is -0.304. The summed E-state index contributed by atoms with van der Waals surface area (Å²) in [5.74, 6) is 5.96. The monoisotopic (exact) mass is 365 g/mol. The number of aliphatic hydroxyl groups excluding tert-OH is 1. The molecule has 1 aromatic heterocycles. The molecule has 0 fully saturated rings. The molecule has 0 atom stereocenters. The highest BCUT2D eigenvalue weighted by molar-refractivity contribution is 9.10. The van der Waals surface area contributed by atoms with Crippen LogP contribution in [0.4, 0.5) is 4.39 Å². The van der Waals surface area contributed by atoms with Crippen molar-refractivity contribution in [3.8, 4) is 11.8 Å². The van der Waals surface area contributed by atoms with Gasteiger partial charge in [0.1, 0.15) is 10.8 Å². The lowest BCUT2D eigenvalue weighted by molar-refractivity contribution is 0.305. The van der Waals surface area contributed by atoms with E-state index in [1.165, 1.54) is 23.9 Å². The Morgan fingerprint density at radius 1 is 1.33 bits per heavy atom. The molecule has 2 nitrogen and oxygen atoms in total. The number of aromatic nitrogens is 1. The fourth-order valence-electron chi connectivity index (χ4n) is 1.66. The quantitative estimate of drug-likeness (QED) is 0.656. The third-order valence-electron chi connectivity index (χ3n) is 2.53. The van der Waals surface area contributed by atoms with Crippen LogP contribution in [0.5, 0.6) is 0 Å². The Bertz CT molecular complexity index is 681. The zero-order chi connectivity index (χ0) is 15.1. The van der Waals surface area contributed by atoms with Crippen molar-refractivity contribution in [1.82, 2.24) is 4.98 Å². The molecule has 0 unspecified atom stereocenters. The maximum Gasteiger partial charge on any atom is 0.124 e. The molecule has 0 bridgehead atoms. The molecule has 0 aliphatic heterocycles. The summed E-state index contributed by atoms with van der Waals surface area (Å²) in [5.41, 5.74) is 1.48. The van der Waals surface area contributed by atoms with Gasteiger partial charge in [0, 0.05) is 28.4 Å². The zero-order valence-corrected chi connectivity index (χ0v) is 13.5. The summed E-state index contributed by atoms with van der Waals surface area (Å²) < 4.78 is 14.5. The molecule has 0 aliphatic rings. The van der Waals surface area contributed by atoms with Crippen LogP contribution in [0.15, 0.2) is 46.0 Å². The second kappa shape index (κ2) is 8.18. The molecule has 0 saturated carbocycles. The van der Waals surface area contributed by atoms with Gasteiger partial charge in [-0.15, -0.1) is 11.8 Å². The van der Waals surface area contributed by atoms with E-state index in [1.807, 2.05) is 18.2 Å². The molecule has 0 radical (unpaired) electrons. The van der Waals surface area contributed by atoms with Gasteiger partial charge in [-0.25, -0.2) is 9.37 Å². The fraction of sp³-hybridized carbons (Fsp3) is 0.188. The van der Waals surface area contributed by atoms with Crippen LogP contribution in [0.2, 0.25) is 0 Å². The summed E-state index contributed by atoms with van der Waals surface area (Å²) in [5, 5.41) is 9.57. The van der Waals surface area contributed by atoms with E-state index in [-0.39, 0.29) is 12.4 Å². The van der Waals surface area contributed by atoms with Gasteiger partial charge in [-0.05, 0) is 51.8 Å². The van der Waals surface area contributed by atoms with E-state index in [0.717, 1.165) is 15.1 Å². The predicted octanol–water partition coefficient (Wildman–Crippen LogP) is 4.01. The molecule has 0 aliphatic carbocycles. The average Bonchev–Trinajstić information content (AvgIpc) is 2.46. The van der Waals surface area contributed by atoms with E-state index in [9.17, 15) is 4.39 Å². The zero-order valence-electron chi connectivity index (χ0n) is 11.1. The van der Waals surface area contributed by atoms with Gasteiger partial charge in [-0.2, -0.15) is 0 Å². The Balaban J connectivity index is 2.10. The van der Waals surface area contributed by atoms with Gasteiger partial charge < -0.3 is 5.11 Å². The number of halogens is 2. The highest BCUT2D eigenvalue weighted by Crippen LogP contribution is 2.28. The van der Waals surface area contributed by atoms with Crippen molar-refractivity contribution in [3.05, 3.63) is 57.9 Å². The maximum atomic E-state index is 13.6. The summed E-state index contributed by atoms with van der Waals surface area (Å²) in [6, 6.07) is 8.53. The van der Waals surface area contributed by atoms with Gasteiger partial charge >= 0.3 is 0 Å². The number of hydrogen-bond acceptors (Lipinski definition) is 3. The lowest BCUT2D eigenvalue weighted by Crippen LogP contribution is -1.88. The maximum absolute atomic E-state index is 13.6. The number of pyridine rings is 1. The van der Waals surface area contributed by atoms with Crippen LogP contribution in [0.25, 0.3) is 0 Å². The van der Waals surface area contributed by atoms with Crippen molar-refractivity contribution in [3.63, 3.8) is 0 Å². The molecule has 0 saturated heterocycles. The number of nitrogens with zero attached hydrogens (tertiary/aromatic N) is 1. The number of hydrogen-bond donors (Lipinski definition) is 1. The van der Waals surface area contributed by atoms with Crippen LogP contribution >= 0.6 is 27.7 Å². The second-order valence-corrected chi connectivity index (χ2v) is 6.02. The first-order valence-electron chi connectivity index (χ1n) is 6.31. The van der Waals surface area contributed by atoms with Crippen molar-refractivity contribution in [2.24, 2.45) is 0 Å². The third kappa shape index (κ3) is 5.16. The van der Waals surface area contributed by atoms with E-state index >= 15 is 0 Å². The standard InChI is InChI=1S/C16H13BrFNOS/c17-15-5-3-6-19-16(15)21-11-13-8-12(4-1-2-7-20)9-14(18)10-13/h3,5-6,8-10,20H,2,7,11H2. The summed E-state index contributed by atoms with van der Waals surface area (Å²) in [6.07, 6.45) is 2.12. The van der Waals surface area contributed by atoms with E-state index < -0.39 is 0 Å². The SMILES string of the molecule is OCCC#Cc1cc(F)cc(CSc2ncccc2Br)c1. The average molecular weight is 366 g/mol. The second-order valence-electron chi connectivity index (χ2n) is 4.20. The highest BCUT2D eigenvalue weighted by atomic mass is 79.9. The lowest BCUT2D eigenvalue weighted by atomic mass is 10.1. The molecular formula is C16H13BrFNOS. The predicted molar refractivity (Wildman–Crippen MR) is 86.5 cm³/mol. The summed E-state index contributed by atoms with van der Waals surface area (Å²) >= 11 is 4.97. The molecule has 5 heteroatoms. The Kier molecular flexibility index (Phi) is 6.24. The number of rotatable bonds is 4. The first kappa shape index (κ1) is 16.0. The molecule has 0 amide bonds. The molecular weight excluding hydrogens is 353 g/mol. The highest BCUT2D eigenvalue weighted by Gasteiger charge is 2.04. The largest absolute Gasteiger partial charge is 0.395 e. The van der Waals surface area contributed by atoms with E-state index in [2.05, 4.69) is 32.8 Å². The Labute approximate surface area is 135 Å². The lowest BCUT2D eigenvalue weighted by Gasteiger charge is -2.04. The molecule has 21 heavy (non-hydrogen) atoms. The number of aliphatic hydroxyl groups is 1. The molecule has 2 rings (SSSR count). The topological polar surface area (TPSA) is 33.1 Å². The van der Waals surface area contributed by atoms with Crippen LogP contribution in [-0.4, -0.2) is 16.7 Å². The molecule has 0 spiro atoms. The van der Waals surface area contributed by atoms with Crippen molar-refractivity contribution in [2.75, 3.05) is 6.61 Å². The first-order valence-corrected chi connectivity index (χ1v) is 8.09. The van der Waals surface area contributed by atoms with Crippen molar-refractivity contribution >= 4 is 27.7 Å². The summed E-state index contributed by atoms with van der Waals surface area (Å²) in [4.78, 5) is 4.27. The van der Waals surface area contributed by atoms with Crippen molar-refractivity contribution in [2.45, 2.75) is 17.2 Å².